The van der Waals surface area contributed by atoms with E-state index in [0.29, 0.717) is 6.73 Å². The van der Waals surface area contributed by atoms with E-state index in [4.69, 9.17) is 4.74 Å². The molecule has 0 aliphatic carbocycles. The van der Waals surface area contributed by atoms with E-state index in [1.54, 1.807) is 18.7 Å². The van der Waals surface area contributed by atoms with Gasteiger partial charge in [-0.1, -0.05) is 11.3 Å². The zero-order chi connectivity index (χ0) is 6.69. The van der Waals surface area contributed by atoms with Crippen molar-refractivity contribution in [1.82, 2.24) is 4.57 Å². The fraction of sp³-hybridized carbons (Fsp3) is 0.400. The fourth-order valence-electron chi connectivity index (χ4n) is 0.525. The standard InChI is InChI=1S/C5H7NO2S/c1-8-4-6-2-3-9-5(6)7/h2-3H,4H2,1H3. The molecule has 0 atom stereocenters. The van der Waals surface area contributed by atoms with Crippen LogP contribution in [0.4, 0.5) is 0 Å². The lowest BCUT2D eigenvalue weighted by atomic mass is 10.9. The normalized spacial score (nSPS) is 9.89. The Morgan fingerprint density at radius 2 is 2.67 bits per heavy atom. The van der Waals surface area contributed by atoms with Gasteiger partial charge in [-0.3, -0.25) is 9.36 Å². The third-order valence-electron chi connectivity index (χ3n) is 0.912. The molecule has 0 N–H and O–H groups in total. The summed E-state index contributed by atoms with van der Waals surface area (Å²) in [6.07, 6.45) is 1.70. The van der Waals surface area contributed by atoms with E-state index in [-0.39, 0.29) is 4.87 Å². The first-order valence-electron chi connectivity index (χ1n) is 2.47. The first-order valence-corrected chi connectivity index (χ1v) is 3.35. The number of thiazole rings is 1. The molecule has 3 nitrogen and oxygen atoms in total. The Kier molecular flexibility index (Phi) is 2.02. The van der Waals surface area contributed by atoms with Crippen molar-refractivity contribution in [2.45, 2.75) is 6.73 Å². The molecule has 0 spiro atoms. The number of hydrogen-bond acceptors (Lipinski definition) is 3. The van der Waals surface area contributed by atoms with E-state index in [1.165, 1.54) is 15.9 Å². The van der Waals surface area contributed by atoms with Crippen LogP contribution in [0.25, 0.3) is 0 Å². The van der Waals surface area contributed by atoms with Gasteiger partial charge in [0.05, 0.1) is 0 Å². The second-order valence-electron chi connectivity index (χ2n) is 1.56. The molecule has 1 rings (SSSR count). The Bertz CT molecular complexity index is 227. The molecule has 0 amide bonds. The van der Waals surface area contributed by atoms with E-state index in [1.807, 2.05) is 0 Å². The van der Waals surface area contributed by atoms with Gasteiger partial charge >= 0.3 is 4.87 Å². The minimum atomic E-state index is 0.0249. The van der Waals surface area contributed by atoms with Crippen molar-refractivity contribution in [3.05, 3.63) is 21.2 Å². The maximum atomic E-state index is 10.7. The van der Waals surface area contributed by atoms with Gasteiger partial charge in [0.15, 0.2) is 0 Å². The van der Waals surface area contributed by atoms with Gasteiger partial charge in [0.25, 0.3) is 0 Å². The SMILES string of the molecule is COCn1ccsc1=O. The van der Waals surface area contributed by atoms with E-state index >= 15 is 0 Å². The quantitative estimate of drug-likeness (QED) is 0.607. The molecule has 0 saturated heterocycles. The lowest BCUT2D eigenvalue weighted by Crippen LogP contribution is -2.12. The molecule has 1 aromatic heterocycles. The largest absolute Gasteiger partial charge is 0.364 e. The topological polar surface area (TPSA) is 31.2 Å². The van der Waals surface area contributed by atoms with Crippen LogP contribution >= 0.6 is 11.3 Å². The third kappa shape index (κ3) is 1.40. The van der Waals surface area contributed by atoms with Crippen LogP contribution in [0, 0.1) is 0 Å². The van der Waals surface area contributed by atoms with Gasteiger partial charge in [-0.05, 0) is 0 Å². The minimum absolute atomic E-state index is 0.0249. The van der Waals surface area contributed by atoms with Crippen LogP contribution in [0.3, 0.4) is 0 Å². The van der Waals surface area contributed by atoms with Crippen LogP contribution in [-0.4, -0.2) is 11.7 Å². The second kappa shape index (κ2) is 2.80. The van der Waals surface area contributed by atoms with Gasteiger partial charge < -0.3 is 4.74 Å². The number of rotatable bonds is 2. The van der Waals surface area contributed by atoms with E-state index < -0.39 is 0 Å². The van der Waals surface area contributed by atoms with Gasteiger partial charge in [0.1, 0.15) is 6.73 Å². The number of hydrogen-bond donors (Lipinski definition) is 0. The van der Waals surface area contributed by atoms with E-state index in [9.17, 15) is 4.79 Å². The molecule has 50 valence electrons. The zero-order valence-corrected chi connectivity index (χ0v) is 5.85. The van der Waals surface area contributed by atoms with Crippen molar-refractivity contribution in [3.8, 4) is 0 Å². The Hall–Kier alpha value is -0.610. The highest BCUT2D eigenvalue weighted by Gasteiger charge is 1.91. The maximum absolute atomic E-state index is 10.7. The molecule has 0 fully saturated rings. The molecule has 1 heterocycles. The van der Waals surface area contributed by atoms with Gasteiger partial charge in [0, 0.05) is 18.7 Å². The van der Waals surface area contributed by atoms with Gasteiger partial charge in [-0.2, -0.15) is 0 Å². The zero-order valence-electron chi connectivity index (χ0n) is 5.03. The summed E-state index contributed by atoms with van der Waals surface area (Å²) in [7, 11) is 1.56. The van der Waals surface area contributed by atoms with Crippen molar-refractivity contribution < 1.29 is 4.74 Å². The highest BCUT2D eigenvalue weighted by Crippen LogP contribution is 1.87. The third-order valence-corrected chi connectivity index (χ3v) is 1.61. The Labute approximate surface area is 56.5 Å². The Balaban J connectivity index is 2.81. The van der Waals surface area contributed by atoms with E-state index in [0.717, 1.165) is 0 Å². The Morgan fingerprint density at radius 1 is 1.89 bits per heavy atom. The second-order valence-corrected chi connectivity index (χ2v) is 2.41. The van der Waals surface area contributed by atoms with Gasteiger partial charge in [-0.15, -0.1) is 0 Å². The van der Waals surface area contributed by atoms with Crippen molar-refractivity contribution >= 4 is 11.3 Å². The molecule has 0 aliphatic heterocycles. The Morgan fingerprint density at radius 3 is 3.11 bits per heavy atom. The molecular weight excluding hydrogens is 138 g/mol. The fourth-order valence-corrected chi connectivity index (χ4v) is 1.10. The van der Waals surface area contributed by atoms with Crippen LogP contribution in [0.15, 0.2) is 16.4 Å². The summed E-state index contributed by atoms with van der Waals surface area (Å²) in [5.74, 6) is 0. The average molecular weight is 145 g/mol. The molecule has 4 heteroatoms. The first-order chi connectivity index (χ1) is 4.34. The summed E-state index contributed by atoms with van der Waals surface area (Å²) >= 11 is 1.17. The van der Waals surface area contributed by atoms with Crippen molar-refractivity contribution in [2.24, 2.45) is 0 Å². The maximum Gasteiger partial charge on any atom is 0.308 e. The minimum Gasteiger partial charge on any atom is -0.364 e. The van der Waals surface area contributed by atoms with Crippen LogP contribution in [0.1, 0.15) is 0 Å². The predicted octanol–water partition coefficient (Wildman–Crippen LogP) is 0.514. The highest BCUT2D eigenvalue weighted by atomic mass is 32.1. The molecule has 0 unspecified atom stereocenters. The summed E-state index contributed by atoms with van der Waals surface area (Å²) in [5, 5.41) is 1.74. The molecule has 9 heavy (non-hydrogen) atoms. The van der Waals surface area contributed by atoms with Gasteiger partial charge in [-0.25, -0.2) is 0 Å². The number of methoxy groups -OCH3 is 1. The van der Waals surface area contributed by atoms with E-state index in [2.05, 4.69) is 0 Å². The van der Waals surface area contributed by atoms with Crippen LogP contribution in [-0.2, 0) is 11.5 Å². The summed E-state index contributed by atoms with van der Waals surface area (Å²) in [5.41, 5.74) is 0. The molecule has 0 bridgehead atoms. The molecule has 0 saturated carbocycles. The molecule has 0 radical (unpaired) electrons. The molecule has 0 aliphatic rings. The number of nitrogens with zero attached hydrogens (tertiary/aromatic N) is 1. The van der Waals surface area contributed by atoms with Crippen molar-refractivity contribution in [2.75, 3.05) is 7.11 Å². The monoisotopic (exact) mass is 145 g/mol. The first kappa shape index (κ1) is 6.51. The summed E-state index contributed by atoms with van der Waals surface area (Å²) in [6.45, 7) is 0.350. The summed E-state index contributed by atoms with van der Waals surface area (Å²) in [6, 6.07) is 0. The lowest BCUT2D eigenvalue weighted by molar-refractivity contribution is 0.129. The molecule has 0 aromatic carbocycles. The lowest BCUT2D eigenvalue weighted by Gasteiger charge is -1.94. The van der Waals surface area contributed by atoms with Crippen LogP contribution in [0.2, 0.25) is 0 Å². The van der Waals surface area contributed by atoms with Crippen LogP contribution in [0.5, 0.6) is 0 Å². The number of aromatic nitrogens is 1. The molecular formula is C5H7NO2S. The van der Waals surface area contributed by atoms with Crippen molar-refractivity contribution in [3.63, 3.8) is 0 Å². The highest BCUT2D eigenvalue weighted by molar-refractivity contribution is 7.07. The predicted molar refractivity (Wildman–Crippen MR) is 35.6 cm³/mol. The van der Waals surface area contributed by atoms with Crippen molar-refractivity contribution in [1.29, 1.82) is 0 Å². The summed E-state index contributed by atoms with van der Waals surface area (Å²) < 4.78 is 6.24. The smallest absolute Gasteiger partial charge is 0.308 e. The van der Waals surface area contributed by atoms with Gasteiger partial charge in [0.2, 0.25) is 0 Å². The number of ether oxygens (including phenoxy) is 1. The molecule has 1 aromatic rings. The average Bonchev–Trinajstić information content (AvgIpc) is 2.18. The van der Waals surface area contributed by atoms with Crippen LogP contribution < -0.4 is 4.87 Å². The summed E-state index contributed by atoms with van der Waals surface area (Å²) in [4.78, 5) is 10.7.